The fourth-order valence-corrected chi connectivity index (χ4v) is 2.45. The van der Waals surface area contributed by atoms with E-state index in [2.05, 4.69) is 39.6 Å². The van der Waals surface area contributed by atoms with E-state index >= 15 is 0 Å². The largest absolute Gasteiger partial charge is 0.381 e. The normalized spacial score (nSPS) is 10.3. The number of benzene rings is 1. The van der Waals surface area contributed by atoms with Gasteiger partial charge in [0.1, 0.15) is 5.01 Å². The zero-order valence-corrected chi connectivity index (χ0v) is 11.1. The van der Waals surface area contributed by atoms with Crippen molar-refractivity contribution >= 4 is 17.0 Å². The topological polar surface area (TPSA) is 37.8 Å². The third-order valence-corrected chi connectivity index (χ3v) is 3.63. The highest BCUT2D eigenvalue weighted by molar-refractivity contribution is 7.13. The minimum absolute atomic E-state index is 0.805. The zero-order chi connectivity index (χ0) is 12.9. The number of nitrogens with one attached hydrogen (secondary N) is 1. The molecule has 3 nitrogen and oxygen atoms in total. The molecule has 0 spiro atoms. The second kappa shape index (κ2) is 5.63. The van der Waals surface area contributed by atoms with E-state index in [1.807, 2.05) is 36.1 Å². The Bertz CT molecular complexity index is 618. The first kappa shape index (κ1) is 11.9. The van der Waals surface area contributed by atoms with E-state index in [1.54, 1.807) is 11.3 Å². The van der Waals surface area contributed by atoms with Gasteiger partial charge in [0, 0.05) is 41.8 Å². The van der Waals surface area contributed by atoms with Crippen LogP contribution < -0.4 is 5.32 Å². The third kappa shape index (κ3) is 2.98. The van der Waals surface area contributed by atoms with Crippen LogP contribution >= 0.6 is 11.3 Å². The maximum absolute atomic E-state index is 4.30. The van der Waals surface area contributed by atoms with Crippen LogP contribution in [0, 0.1) is 0 Å². The quantitative estimate of drug-likeness (QED) is 0.781. The predicted molar refractivity (Wildman–Crippen MR) is 79.1 cm³/mol. The molecule has 0 fully saturated rings. The number of thiazole rings is 1. The Labute approximate surface area is 116 Å². The van der Waals surface area contributed by atoms with Gasteiger partial charge in [-0.15, -0.1) is 11.3 Å². The van der Waals surface area contributed by atoms with Gasteiger partial charge in [-0.1, -0.05) is 0 Å². The number of pyridine rings is 1. The number of rotatable bonds is 4. The first-order chi connectivity index (χ1) is 9.42. The molecular weight excluding hydrogens is 254 g/mol. The van der Waals surface area contributed by atoms with Crippen LogP contribution in [0.15, 0.2) is 60.4 Å². The Morgan fingerprint density at radius 1 is 0.947 bits per heavy atom. The van der Waals surface area contributed by atoms with E-state index in [0.29, 0.717) is 0 Å². The van der Waals surface area contributed by atoms with Gasteiger partial charge in [-0.2, -0.15) is 0 Å². The molecule has 0 aliphatic rings. The van der Waals surface area contributed by atoms with Crippen molar-refractivity contribution in [3.8, 4) is 10.6 Å². The van der Waals surface area contributed by atoms with Gasteiger partial charge in [-0.3, -0.25) is 4.98 Å². The van der Waals surface area contributed by atoms with Crippen LogP contribution in [0.2, 0.25) is 0 Å². The third-order valence-electron chi connectivity index (χ3n) is 2.81. The van der Waals surface area contributed by atoms with Gasteiger partial charge < -0.3 is 5.32 Å². The lowest BCUT2D eigenvalue weighted by Crippen LogP contribution is -1.98. The Kier molecular flexibility index (Phi) is 3.51. The molecule has 0 amide bonds. The van der Waals surface area contributed by atoms with E-state index in [4.69, 9.17) is 0 Å². The van der Waals surface area contributed by atoms with Gasteiger partial charge >= 0.3 is 0 Å². The van der Waals surface area contributed by atoms with Crippen molar-refractivity contribution in [1.29, 1.82) is 0 Å². The van der Waals surface area contributed by atoms with Crippen molar-refractivity contribution in [2.75, 3.05) is 5.32 Å². The van der Waals surface area contributed by atoms with Gasteiger partial charge in [-0.05, 0) is 42.0 Å². The molecule has 3 rings (SSSR count). The summed E-state index contributed by atoms with van der Waals surface area (Å²) in [7, 11) is 0. The second-order valence-corrected chi connectivity index (χ2v) is 5.02. The molecule has 0 saturated carbocycles. The summed E-state index contributed by atoms with van der Waals surface area (Å²) in [6, 6.07) is 12.4. The number of aromatic nitrogens is 2. The summed E-state index contributed by atoms with van der Waals surface area (Å²) < 4.78 is 0. The molecule has 0 bridgehead atoms. The highest BCUT2D eigenvalue weighted by atomic mass is 32.1. The van der Waals surface area contributed by atoms with Gasteiger partial charge in [-0.25, -0.2) is 4.98 Å². The molecule has 0 aliphatic carbocycles. The van der Waals surface area contributed by atoms with Crippen molar-refractivity contribution in [1.82, 2.24) is 9.97 Å². The molecule has 3 aromatic rings. The number of hydrogen-bond donors (Lipinski definition) is 1. The fourth-order valence-electron chi connectivity index (χ4n) is 1.80. The average molecular weight is 267 g/mol. The minimum atomic E-state index is 0.805. The summed E-state index contributed by atoms with van der Waals surface area (Å²) in [6.45, 7) is 0.805. The van der Waals surface area contributed by atoms with Crippen molar-refractivity contribution in [2.24, 2.45) is 0 Å². The van der Waals surface area contributed by atoms with Crippen LogP contribution in [0.3, 0.4) is 0 Å². The summed E-state index contributed by atoms with van der Waals surface area (Å²) in [5, 5.41) is 6.44. The average Bonchev–Trinajstić information content (AvgIpc) is 3.01. The van der Waals surface area contributed by atoms with Crippen LogP contribution in [0.5, 0.6) is 0 Å². The van der Waals surface area contributed by atoms with Crippen LogP contribution in [0.1, 0.15) is 5.56 Å². The van der Waals surface area contributed by atoms with Gasteiger partial charge in [0.05, 0.1) is 0 Å². The molecule has 2 heterocycles. The summed E-state index contributed by atoms with van der Waals surface area (Å²) in [5.74, 6) is 0. The van der Waals surface area contributed by atoms with Crippen molar-refractivity contribution in [3.05, 3.63) is 65.9 Å². The standard InChI is InChI=1S/C15H13N3S/c1-3-14(18-11-12-5-7-16-8-6-12)4-2-13(1)15-17-9-10-19-15/h1-10,18H,11H2. The Morgan fingerprint density at radius 2 is 1.74 bits per heavy atom. The number of nitrogens with zero attached hydrogens (tertiary/aromatic N) is 2. The lowest BCUT2D eigenvalue weighted by atomic mass is 10.2. The van der Waals surface area contributed by atoms with Crippen molar-refractivity contribution < 1.29 is 0 Å². The summed E-state index contributed by atoms with van der Waals surface area (Å²) in [4.78, 5) is 8.31. The summed E-state index contributed by atoms with van der Waals surface area (Å²) in [6.07, 6.45) is 5.45. The molecule has 0 radical (unpaired) electrons. The molecule has 1 aromatic carbocycles. The monoisotopic (exact) mass is 267 g/mol. The first-order valence-electron chi connectivity index (χ1n) is 6.04. The molecule has 2 aromatic heterocycles. The SMILES string of the molecule is c1cc(CNc2ccc(-c3nccs3)cc2)ccn1. The number of anilines is 1. The number of hydrogen-bond acceptors (Lipinski definition) is 4. The molecule has 94 valence electrons. The van der Waals surface area contributed by atoms with E-state index in [1.165, 1.54) is 5.56 Å². The van der Waals surface area contributed by atoms with Gasteiger partial charge in [0.2, 0.25) is 0 Å². The fraction of sp³-hybridized carbons (Fsp3) is 0.0667. The summed E-state index contributed by atoms with van der Waals surface area (Å²) in [5.41, 5.74) is 3.49. The van der Waals surface area contributed by atoms with E-state index < -0.39 is 0 Å². The van der Waals surface area contributed by atoms with Crippen molar-refractivity contribution in [2.45, 2.75) is 6.54 Å². The second-order valence-electron chi connectivity index (χ2n) is 4.12. The molecule has 0 unspecified atom stereocenters. The van der Waals surface area contributed by atoms with Crippen LogP contribution in [0.25, 0.3) is 10.6 Å². The molecule has 19 heavy (non-hydrogen) atoms. The van der Waals surface area contributed by atoms with Gasteiger partial charge in [0.25, 0.3) is 0 Å². The van der Waals surface area contributed by atoms with Crippen molar-refractivity contribution in [3.63, 3.8) is 0 Å². The zero-order valence-electron chi connectivity index (χ0n) is 10.3. The molecule has 0 atom stereocenters. The summed E-state index contributed by atoms with van der Waals surface area (Å²) >= 11 is 1.65. The smallest absolute Gasteiger partial charge is 0.123 e. The van der Waals surface area contributed by atoms with Gasteiger partial charge in [0.15, 0.2) is 0 Å². The van der Waals surface area contributed by atoms with E-state index in [0.717, 1.165) is 22.8 Å². The maximum Gasteiger partial charge on any atom is 0.123 e. The first-order valence-corrected chi connectivity index (χ1v) is 6.92. The Hall–Kier alpha value is -2.20. The predicted octanol–water partition coefficient (Wildman–Crippen LogP) is 3.82. The molecule has 1 N–H and O–H groups in total. The van der Waals surface area contributed by atoms with Crippen LogP contribution in [-0.4, -0.2) is 9.97 Å². The highest BCUT2D eigenvalue weighted by Crippen LogP contribution is 2.23. The van der Waals surface area contributed by atoms with Crippen LogP contribution in [0.4, 0.5) is 5.69 Å². The lowest BCUT2D eigenvalue weighted by Gasteiger charge is -2.06. The van der Waals surface area contributed by atoms with E-state index in [-0.39, 0.29) is 0 Å². The Morgan fingerprint density at radius 3 is 2.42 bits per heavy atom. The molecular formula is C15H13N3S. The maximum atomic E-state index is 4.30. The van der Waals surface area contributed by atoms with E-state index in [9.17, 15) is 0 Å². The minimum Gasteiger partial charge on any atom is -0.381 e. The van der Waals surface area contributed by atoms with Crippen LogP contribution in [-0.2, 0) is 6.54 Å². The molecule has 0 saturated heterocycles. The lowest BCUT2D eigenvalue weighted by molar-refractivity contribution is 1.13. The molecule has 0 aliphatic heterocycles. The highest BCUT2D eigenvalue weighted by Gasteiger charge is 2.00. The Balaban J connectivity index is 1.67. The molecule has 4 heteroatoms.